The Hall–Kier alpha value is -1.62. The summed E-state index contributed by atoms with van der Waals surface area (Å²) in [4.78, 5) is 24.3. The standard InChI is InChI=1S/C9H10N2O3/c1-6-2-3-8(14-6)11-5-4-7(12)10-9(11)13/h2-6,8H,1H3,(H,10,12,13)/t6-,8-/m1/s1. The lowest BCUT2D eigenvalue weighted by molar-refractivity contribution is 0.0245. The topological polar surface area (TPSA) is 64.1 Å². The molecule has 0 aromatic carbocycles. The van der Waals surface area contributed by atoms with Gasteiger partial charge in [-0.15, -0.1) is 0 Å². The van der Waals surface area contributed by atoms with Crippen molar-refractivity contribution in [1.29, 1.82) is 0 Å². The van der Waals surface area contributed by atoms with Crippen LogP contribution < -0.4 is 11.2 Å². The molecule has 2 heterocycles. The van der Waals surface area contributed by atoms with Crippen molar-refractivity contribution in [3.05, 3.63) is 45.3 Å². The van der Waals surface area contributed by atoms with Gasteiger partial charge in [-0.25, -0.2) is 4.79 Å². The van der Waals surface area contributed by atoms with E-state index in [1.807, 2.05) is 13.0 Å². The van der Waals surface area contributed by atoms with E-state index < -0.39 is 17.5 Å². The van der Waals surface area contributed by atoms with E-state index in [0.29, 0.717) is 0 Å². The van der Waals surface area contributed by atoms with Crippen LogP contribution in [0.25, 0.3) is 0 Å². The molecule has 0 saturated carbocycles. The average Bonchev–Trinajstić information content (AvgIpc) is 2.51. The summed E-state index contributed by atoms with van der Waals surface area (Å²) in [7, 11) is 0. The van der Waals surface area contributed by atoms with Crippen LogP contribution in [0.15, 0.2) is 34.0 Å². The van der Waals surface area contributed by atoms with Crippen LogP contribution in [0, 0.1) is 0 Å². The van der Waals surface area contributed by atoms with E-state index in [0.717, 1.165) is 0 Å². The molecule has 0 amide bonds. The molecule has 0 fully saturated rings. The zero-order chi connectivity index (χ0) is 10.1. The second kappa shape index (κ2) is 3.26. The zero-order valence-corrected chi connectivity index (χ0v) is 7.64. The summed E-state index contributed by atoms with van der Waals surface area (Å²) in [6, 6.07) is 1.29. The van der Waals surface area contributed by atoms with Crippen LogP contribution in [-0.4, -0.2) is 15.7 Å². The normalized spacial score (nSPS) is 25.5. The quantitative estimate of drug-likeness (QED) is 0.640. The predicted octanol–water partition coefficient (Wildman–Crippen LogP) is 0.0101. The fraction of sp³-hybridized carbons (Fsp3) is 0.333. The van der Waals surface area contributed by atoms with Crippen LogP contribution in [0.2, 0.25) is 0 Å². The number of aromatic amines is 1. The Morgan fingerprint density at radius 3 is 2.79 bits per heavy atom. The second-order valence-electron chi connectivity index (χ2n) is 3.13. The number of nitrogens with zero attached hydrogens (tertiary/aromatic N) is 1. The minimum Gasteiger partial charge on any atom is -0.347 e. The molecule has 14 heavy (non-hydrogen) atoms. The third kappa shape index (κ3) is 1.54. The number of ether oxygens (including phenoxy) is 1. The van der Waals surface area contributed by atoms with Crippen LogP contribution in [0.4, 0.5) is 0 Å². The van der Waals surface area contributed by atoms with Gasteiger partial charge < -0.3 is 4.74 Å². The van der Waals surface area contributed by atoms with Crippen molar-refractivity contribution in [3.63, 3.8) is 0 Å². The first-order chi connectivity index (χ1) is 6.66. The molecule has 2 atom stereocenters. The van der Waals surface area contributed by atoms with Gasteiger partial charge in [0, 0.05) is 12.3 Å². The maximum atomic E-state index is 11.3. The van der Waals surface area contributed by atoms with Crippen molar-refractivity contribution in [2.24, 2.45) is 0 Å². The molecule has 0 aliphatic carbocycles. The summed E-state index contributed by atoms with van der Waals surface area (Å²) in [6.07, 6.45) is 4.66. The first-order valence-corrected chi connectivity index (χ1v) is 4.32. The Morgan fingerprint density at radius 1 is 1.43 bits per heavy atom. The molecule has 1 aliphatic rings. The van der Waals surface area contributed by atoms with Crippen molar-refractivity contribution in [3.8, 4) is 0 Å². The van der Waals surface area contributed by atoms with E-state index in [-0.39, 0.29) is 6.10 Å². The van der Waals surface area contributed by atoms with Gasteiger partial charge in [0.15, 0.2) is 6.23 Å². The van der Waals surface area contributed by atoms with Crippen LogP contribution >= 0.6 is 0 Å². The molecular formula is C9H10N2O3. The van der Waals surface area contributed by atoms with Crippen LogP contribution in [0.1, 0.15) is 13.2 Å². The Labute approximate surface area is 79.6 Å². The molecule has 1 aliphatic heterocycles. The lowest BCUT2D eigenvalue weighted by atomic mass is 10.4. The van der Waals surface area contributed by atoms with E-state index in [2.05, 4.69) is 4.98 Å². The molecule has 1 aromatic heterocycles. The van der Waals surface area contributed by atoms with Gasteiger partial charge in [0.2, 0.25) is 0 Å². The number of hydrogen-bond acceptors (Lipinski definition) is 3. The molecule has 5 nitrogen and oxygen atoms in total. The smallest absolute Gasteiger partial charge is 0.330 e. The van der Waals surface area contributed by atoms with Gasteiger partial charge in [-0.05, 0) is 13.0 Å². The number of aromatic nitrogens is 2. The fourth-order valence-electron chi connectivity index (χ4n) is 1.35. The predicted molar refractivity (Wildman–Crippen MR) is 50.0 cm³/mol. The highest BCUT2D eigenvalue weighted by molar-refractivity contribution is 5.00. The first-order valence-electron chi connectivity index (χ1n) is 4.32. The molecule has 0 spiro atoms. The molecule has 0 saturated heterocycles. The molecule has 1 aromatic rings. The lowest BCUT2D eigenvalue weighted by Gasteiger charge is -2.12. The van der Waals surface area contributed by atoms with Gasteiger partial charge in [0.1, 0.15) is 0 Å². The minimum atomic E-state index is -0.457. The first kappa shape index (κ1) is 8.96. The minimum absolute atomic E-state index is 0.00109. The van der Waals surface area contributed by atoms with E-state index in [1.165, 1.54) is 16.8 Å². The highest BCUT2D eigenvalue weighted by Gasteiger charge is 2.17. The SMILES string of the molecule is C[C@@H]1C=C[C@H](n2ccc(=O)[nH]c2=O)O1. The maximum Gasteiger partial charge on any atom is 0.330 e. The van der Waals surface area contributed by atoms with Gasteiger partial charge in [-0.3, -0.25) is 14.3 Å². The van der Waals surface area contributed by atoms with Gasteiger partial charge in [0.25, 0.3) is 5.56 Å². The molecule has 0 radical (unpaired) electrons. The molecule has 0 bridgehead atoms. The summed E-state index contributed by atoms with van der Waals surface area (Å²) in [6.45, 7) is 1.88. The Balaban J connectivity index is 2.39. The van der Waals surface area contributed by atoms with Gasteiger partial charge in [-0.2, -0.15) is 0 Å². The fourth-order valence-corrected chi connectivity index (χ4v) is 1.35. The zero-order valence-electron chi connectivity index (χ0n) is 7.64. The maximum absolute atomic E-state index is 11.3. The average molecular weight is 194 g/mol. The Morgan fingerprint density at radius 2 is 2.21 bits per heavy atom. The van der Waals surface area contributed by atoms with E-state index in [9.17, 15) is 9.59 Å². The molecular weight excluding hydrogens is 184 g/mol. The molecule has 0 unspecified atom stereocenters. The summed E-state index contributed by atoms with van der Waals surface area (Å²) >= 11 is 0. The lowest BCUT2D eigenvalue weighted by Crippen LogP contribution is -2.31. The number of nitrogens with one attached hydrogen (secondary N) is 1. The summed E-state index contributed by atoms with van der Waals surface area (Å²) in [5, 5.41) is 0. The summed E-state index contributed by atoms with van der Waals surface area (Å²) in [5.41, 5.74) is -0.859. The van der Waals surface area contributed by atoms with Gasteiger partial charge in [-0.1, -0.05) is 6.08 Å². The van der Waals surface area contributed by atoms with Crippen LogP contribution in [0.5, 0.6) is 0 Å². The summed E-state index contributed by atoms with van der Waals surface area (Å²) < 4.78 is 6.73. The largest absolute Gasteiger partial charge is 0.347 e. The van der Waals surface area contributed by atoms with E-state index in [4.69, 9.17) is 4.74 Å². The molecule has 2 rings (SSSR count). The van der Waals surface area contributed by atoms with Crippen molar-refractivity contribution >= 4 is 0 Å². The monoisotopic (exact) mass is 194 g/mol. The number of H-pyrrole nitrogens is 1. The highest BCUT2D eigenvalue weighted by atomic mass is 16.5. The number of rotatable bonds is 1. The Bertz CT molecular complexity index is 471. The third-order valence-corrected chi connectivity index (χ3v) is 2.03. The van der Waals surface area contributed by atoms with E-state index in [1.54, 1.807) is 6.08 Å². The van der Waals surface area contributed by atoms with Crippen molar-refractivity contribution < 1.29 is 4.74 Å². The third-order valence-electron chi connectivity index (χ3n) is 2.03. The molecule has 1 N–H and O–H groups in total. The number of hydrogen-bond donors (Lipinski definition) is 1. The van der Waals surface area contributed by atoms with Crippen molar-refractivity contribution in [1.82, 2.24) is 9.55 Å². The van der Waals surface area contributed by atoms with E-state index >= 15 is 0 Å². The van der Waals surface area contributed by atoms with Crippen LogP contribution in [-0.2, 0) is 4.74 Å². The van der Waals surface area contributed by atoms with Crippen molar-refractivity contribution in [2.45, 2.75) is 19.3 Å². The van der Waals surface area contributed by atoms with Crippen molar-refractivity contribution in [2.75, 3.05) is 0 Å². The Kier molecular flexibility index (Phi) is 2.09. The van der Waals surface area contributed by atoms with Gasteiger partial charge in [0.05, 0.1) is 6.10 Å². The highest BCUT2D eigenvalue weighted by Crippen LogP contribution is 2.17. The van der Waals surface area contributed by atoms with Gasteiger partial charge >= 0.3 is 5.69 Å². The molecule has 74 valence electrons. The summed E-state index contributed by atoms with van der Waals surface area (Å²) in [5.74, 6) is 0. The van der Waals surface area contributed by atoms with Crippen LogP contribution in [0.3, 0.4) is 0 Å². The second-order valence-corrected chi connectivity index (χ2v) is 3.13. The molecule has 5 heteroatoms.